The van der Waals surface area contributed by atoms with Gasteiger partial charge in [0.2, 0.25) is 0 Å². The molecule has 98 valence electrons. The summed E-state index contributed by atoms with van der Waals surface area (Å²) < 4.78 is 0. The van der Waals surface area contributed by atoms with E-state index in [1.165, 1.54) is 25.7 Å². The summed E-state index contributed by atoms with van der Waals surface area (Å²) in [4.78, 5) is 11.3. The predicted octanol–water partition coefficient (Wildman–Crippen LogP) is 1.83. The van der Waals surface area contributed by atoms with Crippen LogP contribution in [0.2, 0.25) is 0 Å². The van der Waals surface area contributed by atoms with Gasteiger partial charge in [-0.3, -0.25) is 4.79 Å². The highest BCUT2D eigenvalue weighted by molar-refractivity contribution is 5.91. The lowest BCUT2D eigenvalue weighted by molar-refractivity contribution is 0.0957. The molecule has 1 aromatic rings. The molecule has 2 rings (SSSR count). The third-order valence-electron chi connectivity index (χ3n) is 3.41. The third-order valence-corrected chi connectivity index (χ3v) is 3.41. The molecular formula is C13H20N4O. The zero-order valence-electron chi connectivity index (χ0n) is 10.9. The van der Waals surface area contributed by atoms with Crippen molar-refractivity contribution in [3.05, 3.63) is 17.8 Å². The van der Waals surface area contributed by atoms with Crippen LogP contribution in [0.25, 0.3) is 0 Å². The molecule has 0 spiro atoms. The Balaban J connectivity index is 1.95. The van der Waals surface area contributed by atoms with Crippen molar-refractivity contribution < 1.29 is 4.79 Å². The van der Waals surface area contributed by atoms with Gasteiger partial charge >= 0.3 is 0 Å². The molecule has 1 amide bonds. The summed E-state index contributed by atoms with van der Waals surface area (Å²) in [6, 6.07) is 3.99. The smallest absolute Gasteiger partial charge is 0.271 e. The van der Waals surface area contributed by atoms with Crippen LogP contribution in [0, 0.1) is 5.92 Å². The molecule has 0 radical (unpaired) electrons. The molecule has 1 saturated carbocycles. The van der Waals surface area contributed by atoms with Crippen LogP contribution in [0.3, 0.4) is 0 Å². The highest BCUT2D eigenvalue weighted by Crippen LogP contribution is 2.25. The predicted molar refractivity (Wildman–Crippen MR) is 70.5 cm³/mol. The molecule has 18 heavy (non-hydrogen) atoms. The van der Waals surface area contributed by atoms with Crippen molar-refractivity contribution in [2.75, 3.05) is 12.4 Å². The molecule has 0 aromatic carbocycles. The lowest BCUT2D eigenvalue weighted by atomic mass is 9.87. The summed E-state index contributed by atoms with van der Waals surface area (Å²) in [5.41, 5.74) is 0.347. The number of amides is 1. The van der Waals surface area contributed by atoms with Crippen molar-refractivity contribution in [3.8, 4) is 0 Å². The molecule has 1 aromatic heterocycles. The molecule has 1 fully saturated rings. The Kier molecular flexibility index (Phi) is 4.12. The number of anilines is 1. The van der Waals surface area contributed by atoms with E-state index in [4.69, 9.17) is 0 Å². The van der Waals surface area contributed by atoms with Gasteiger partial charge in [0.15, 0.2) is 5.69 Å². The second kappa shape index (κ2) is 5.80. The van der Waals surface area contributed by atoms with Crippen LogP contribution < -0.4 is 10.6 Å². The van der Waals surface area contributed by atoms with E-state index in [9.17, 15) is 4.79 Å². The Hall–Kier alpha value is -1.65. The van der Waals surface area contributed by atoms with E-state index >= 15 is 0 Å². The summed E-state index contributed by atoms with van der Waals surface area (Å²) in [6.07, 6.45) is 4.95. The highest BCUT2D eigenvalue weighted by atomic mass is 16.1. The number of nitrogens with zero attached hydrogens (tertiary/aromatic N) is 2. The van der Waals surface area contributed by atoms with Gasteiger partial charge in [0.25, 0.3) is 5.91 Å². The average Bonchev–Trinajstić information content (AvgIpc) is 2.39. The summed E-state index contributed by atoms with van der Waals surface area (Å²) in [5.74, 6) is 1.32. The van der Waals surface area contributed by atoms with Gasteiger partial charge in [-0.05, 0) is 30.9 Å². The summed E-state index contributed by atoms with van der Waals surface area (Å²) in [5, 5.41) is 13.9. The van der Waals surface area contributed by atoms with Crippen molar-refractivity contribution >= 4 is 11.7 Å². The van der Waals surface area contributed by atoms with Gasteiger partial charge in [-0.2, -0.15) is 0 Å². The lowest BCUT2D eigenvalue weighted by Gasteiger charge is -2.27. The number of carbonyl (C=O) groups excluding carboxylic acids is 1. The van der Waals surface area contributed by atoms with Crippen molar-refractivity contribution in [1.82, 2.24) is 15.5 Å². The summed E-state index contributed by atoms with van der Waals surface area (Å²) >= 11 is 0. The van der Waals surface area contributed by atoms with Gasteiger partial charge in [0, 0.05) is 13.1 Å². The minimum absolute atomic E-state index is 0.208. The first-order valence-corrected chi connectivity index (χ1v) is 6.51. The van der Waals surface area contributed by atoms with Gasteiger partial charge in [-0.25, -0.2) is 0 Å². The quantitative estimate of drug-likeness (QED) is 0.856. The van der Waals surface area contributed by atoms with Crippen LogP contribution in [0.15, 0.2) is 12.1 Å². The van der Waals surface area contributed by atoms with Gasteiger partial charge in [-0.1, -0.05) is 19.8 Å². The molecule has 0 saturated heterocycles. The van der Waals surface area contributed by atoms with E-state index in [1.54, 1.807) is 13.1 Å². The topological polar surface area (TPSA) is 66.9 Å². The average molecular weight is 248 g/mol. The Morgan fingerprint density at radius 3 is 2.78 bits per heavy atom. The number of rotatable bonds is 3. The number of nitrogens with one attached hydrogen (secondary N) is 2. The molecule has 0 aliphatic heterocycles. The van der Waals surface area contributed by atoms with Gasteiger partial charge in [-0.15, -0.1) is 10.2 Å². The molecule has 2 unspecified atom stereocenters. The highest BCUT2D eigenvalue weighted by Gasteiger charge is 2.19. The van der Waals surface area contributed by atoms with Crippen molar-refractivity contribution in [2.24, 2.45) is 5.92 Å². The number of aromatic nitrogens is 2. The molecule has 1 aliphatic carbocycles. The van der Waals surface area contributed by atoms with Crippen LogP contribution in [-0.2, 0) is 0 Å². The maximum absolute atomic E-state index is 11.3. The SMILES string of the molecule is CNC(=O)c1ccc(NC2CCCC(C)C2)nn1. The van der Waals surface area contributed by atoms with E-state index < -0.39 is 0 Å². The Morgan fingerprint density at radius 1 is 1.33 bits per heavy atom. The molecule has 1 aliphatic rings. The zero-order valence-corrected chi connectivity index (χ0v) is 10.9. The Labute approximate surface area is 107 Å². The molecule has 1 heterocycles. The van der Waals surface area contributed by atoms with E-state index in [-0.39, 0.29) is 5.91 Å². The fourth-order valence-electron chi connectivity index (χ4n) is 2.43. The zero-order chi connectivity index (χ0) is 13.0. The molecular weight excluding hydrogens is 228 g/mol. The van der Waals surface area contributed by atoms with Crippen LogP contribution in [0.5, 0.6) is 0 Å². The van der Waals surface area contributed by atoms with Crippen molar-refractivity contribution in [1.29, 1.82) is 0 Å². The molecule has 0 bridgehead atoms. The molecule has 2 atom stereocenters. The van der Waals surface area contributed by atoms with E-state index in [0.717, 1.165) is 11.7 Å². The molecule has 5 nitrogen and oxygen atoms in total. The fourth-order valence-corrected chi connectivity index (χ4v) is 2.43. The lowest BCUT2D eigenvalue weighted by Crippen LogP contribution is -2.27. The van der Waals surface area contributed by atoms with Gasteiger partial charge in [0.05, 0.1) is 0 Å². The number of carbonyl (C=O) groups is 1. The van der Waals surface area contributed by atoms with Gasteiger partial charge < -0.3 is 10.6 Å². The van der Waals surface area contributed by atoms with Crippen molar-refractivity contribution in [3.63, 3.8) is 0 Å². The first-order valence-electron chi connectivity index (χ1n) is 6.51. The van der Waals surface area contributed by atoms with Crippen molar-refractivity contribution in [2.45, 2.75) is 38.6 Å². The first kappa shape index (κ1) is 12.8. The fraction of sp³-hybridized carbons (Fsp3) is 0.615. The Morgan fingerprint density at radius 2 is 2.17 bits per heavy atom. The number of hydrogen-bond acceptors (Lipinski definition) is 4. The van der Waals surface area contributed by atoms with E-state index in [1.807, 2.05) is 6.07 Å². The normalized spacial score (nSPS) is 23.4. The minimum Gasteiger partial charge on any atom is -0.366 e. The standard InChI is InChI=1S/C13H20N4O/c1-9-4-3-5-10(8-9)15-12-7-6-11(16-17-12)13(18)14-2/h6-7,9-10H,3-5,8H2,1-2H3,(H,14,18)(H,15,17). The first-order chi connectivity index (χ1) is 8.69. The van der Waals surface area contributed by atoms with E-state index in [2.05, 4.69) is 27.8 Å². The maximum Gasteiger partial charge on any atom is 0.271 e. The second-order valence-corrected chi connectivity index (χ2v) is 5.00. The van der Waals surface area contributed by atoms with Crippen LogP contribution in [-0.4, -0.2) is 29.2 Å². The maximum atomic E-state index is 11.3. The van der Waals surface area contributed by atoms with E-state index in [0.29, 0.717) is 11.7 Å². The monoisotopic (exact) mass is 248 g/mol. The Bertz CT molecular complexity index is 404. The summed E-state index contributed by atoms with van der Waals surface area (Å²) in [6.45, 7) is 2.29. The second-order valence-electron chi connectivity index (χ2n) is 5.00. The largest absolute Gasteiger partial charge is 0.366 e. The minimum atomic E-state index is -0.208. The van der Waals surface area contributed by atoms with Crippen LogP contribution >= 0.6 is 0 Å². The van der Waals surface area contributed by atoms with Crippen LogP contribution in [0.4, 0.5) is 5.82 Å². The molecule has 5 heteroatoms. The van der Waals surface area contributed by atoms with Gasteiger partial charge in [0.1, 0.15) is 5.82 Å². The summed E-state index contributed by atoms with van der Waals surface area (Å²) in [7, 11) is 1.58. The van der Waals surface area contributed by atoms with Crippen LogP contribution in [0.1, 0.15) is 43.1 Å². The number of hydrogen-bond donors (Lipinski definition) is 2. The third kappa shape index (κ3) is 3.18. The molecule has 2 N–H and O–H groups in total.